The molecule has 7 nitrogen and oxygen atoms in total. The zero-order valence-electron chi connectivity index (χ0n) is 17.6. The molecule has 1 fully saturated rings. The van der Waals surface area contributed by atoms with E-state index in [-0.39, 0.29) is 17.6 Å². The van der Waals surface area contributed by atoms with E-state index in [1.807, 2.05) is 19.1 Å². The second-order valence-corrected chi connectivity index (χ2v) is 8.34. The molecule has 0 unspecified atom stereocenters. The summed E-state index contributed by atoms with van der Waals surface area (Å²) in [5.74, 6) is -0.778. The molecule has 0 bridgehead atoms. The quantitative estimate of drug-likeness (QED) is 0.471. The number of pyridine rings is 1. The Bertz CT molecular complexity index is 1300. The van der Waals surface area contributed by atoms with Gasteiger partial charge in [0.05, 0.1) is 22.5 Å². The normalized spacial score (nSPS) is 15.2. The molecule has 4 heterocycles. The largest absolute Gasteiger partial charge is 0.371 e. The number of nitrogens with one attached hydrogen (secondary N) is 2. The molecule has 0 radical (unpaired) electrons. The first-order chi connectivity index (χ1) is 14.9. The first kappa shape index (κ1) is 19.6. The summed E-state index contributed by atoms with van der Waals surface area (Å²) in [6.07, 6.45) is 5.29. The molecule has 1 aromatic carbocycles. The highest BCUT2D eigenvalue weighted by Crippen LogP contribution is 2.32. The van der Waals surface area contributed by atoms with Gasteiger partial charge in [-0.3, -0.25) is 4.79 Å². The van der Waals surface area contributed by atoms with E-state index in [9.17, 15) is 9.18 Å². The van der Waals surface area contributed by atoms with Crippen LogP contribution in [0.3, 0.4) is 0 Å². The second-order valence-electron chi connectivity index (χ2n) is 8.34. The number of carbonyl (C=O) groups is 1. The van der Waals surface area contributed by atoms with Gasteiger partial charge in [0.1, 0.15) is 0 Å². The minimum Gasteiger partial charge on any atom is -0.371 e. The van der Waals surface area contributed by atoms with Gasteiger partial charge in [-0.25, -0.2) is 9.37 Å². The number of halogens is 1. The number of rotatable bonds is 3. The molecule has 0 aliphatic carbocycles. The molecule has 0 saturated carbocycles. The Hall–Kier alpha value is -3.39. The van der Waals surface area contributed by atoms with Gasteiger partial charge in [-0.2, -0.15) is 0 Å². The predicted octanol–water partition coefficient (Wildman–Crippen LogP) is 3.75. The molecule has 1 aliphatic heterocycles. The van der Waals surface area contributed by atoms with Crippen LogP contribution in [0.4, 0.5) is 15.8 Å². The molecule has 4 aromatic rings. The lowest BCUT2D eigenvalue weighted by molar-refractivity contribution is 0.102. The second kappa shape index (κ2) is 7.39. The van der Waals surface area contributed by atoms with Crippen molar-refractivity contribution in [1.82, 2.24) is 14.4 Å². The van der Waals surface area contributed by atoms with E-state index in [1.165, 1.54) is 6.07 Å². The molecule has 4 N–H and O–H groups in total. The fourth-order valence-corrected chi connectivity index (χ4v) is 4.39. The molecule has 1 aliphatic rings. The van der Waals surface area contributed by atoms with Crippen LogP contribution in [-0.2, 0) is 0 Å². The average Bonchev–Trinajstić information content (AvgIpc) is 3.29. The Labute approximate surface area is 179 Å². The number of anilines is 2. The van der Waals surface area contributed by atoms with Crippen LogP contribution in [0.25, 0.3) is 16.6 Å². The maximum absolute atomic E-state index is 14.4. The molecule has 0 atom stereocenters. The van der Waals surface area contributed by atoms with Gasteiger partial charge in [0, 0.05) is 54.4 Å². The first-order valence-electron chi connectivity index (χ1n) is 10.5. The number of hydrogen-bond donors (Lipinski definition) is 3. The van der Waals surface area contributed by atoms with Gasteiger partial charge in [0.25, 0.3) is 5.91 Å². The number of aromatic amines is 1. The van der Waals surface area contributed by atoms with Crippen molar-refractivity contribution in [3.8, 4) is 0 Å². The molecule has 0 spiro atoms. The number of aryl methyl sites for hydroxylation is 2. The van der Waals surface area contributed by atoms with Crippen LogP contribution in [-0.4, -0.2) is 39.4 Å². The van der Waals surface area contributed by atoms with Crippen molar-refractivity contribution in [3.05, 3.63) is 59.4 Å². The van der Waals surface area contributed by atoms with Crippen molar-refractivity contribution in [2.75, 3.05) is 23.3 Å². The number of nitrogens with zero attached hydrogens (tertiary/aromatic N) is 3. The highest BCUT2D eigenvalue weighted by Gasteiger charge is 2.21. The summed E-state index contributed by atoms with van der Waals surface area (Å²) in [5.41, 5.74) is 10.8. The number of fused-ring (bicyclic) bond motifs is 2. The van der Waals surface area contributed by atoms with Crippen LogP contribution >= 0.6 is 0 Å². The summed E-state index contributed by atoms with van der Waals surface area (Å²) < 4.78 is 16.0. The number of nitrogens with two attached hydrogens (primary N) is 1. The maximum Gasteiger partial charge on any atom is 0.257 e. The van der Waals surface area contributed by atoms with Gasteiger partial charge in [-0.1, -0.05) is 0 Å². The Kier molecular flexibility index (Phi) is 4.66. The first-order valence-corrected chi connectivity index (χ1v) is 10.5. The molecule has 1 saturated heterocycles. The van der Waals surface area contributed by atoms with Gasteiger partial charge < -0.3 is 25.3 Å². The number of H-pyrrole nitrogens is 1. The molecule has 160 valence electrons. The number of aromatic nitrogens is 3. The van der Waals surface area contributed by atoms with E-state index in [1.54, 1.807) is 23.7 Å². The molecular weight excluding hydrogens is 395 g/mol. The van der Waals surface area contributed by atoms with Crippen molar-refractivity contribution in [3.63, 3.8) is 0 Å². The third-order valence-electron chi connectivity index (χ3n) is 5.92. The summed E-state index contributed by atoms with van der Waals surface area (Å²) in [6.45, 7) is 5.57. The summed E-state index contributed by atoms with van der Waals surface area (Å²) in [5, 5.41) is 3.84. The van der Waals surface area contributed by atoms with Gasteiger partial charge in [0.15, 0.2) is 11.5 Å². The molecule has 5 rings (SSSR count). The highest BCUT2D eigenvalue weighted by atomic mass is 19.1. The Balaban J connectivity index is 1.49. The third-order valence-corrected chi connectivity index (χ3v) is 5.92. The fourth-order valence-electron chi connectivity index (χ4n) is 4.39. The van der Waals surface area contributed by atoms with Crippen LogP contribution < -0.4 is 16.0 Å². The Morgan fingerprint density at radius 1 is 1.23 bits per heavy atom. The van der Waals surface area contributed by atoms with E-state index in [0.717, 1.165) is 48.2 Å². The lowest BCUT2D eigenvalue weighted by Crippen LogP contribution is -2.39. The molecule has 8 heteroatoms. The van der Waals surface area contributed by atoms with Crippen molar-refractivity contribution in [1.29, 1.82) is 0 Å². The standard InChI is InChI=1S/C23H25FN6O/c1-13-9-18-20(29-7-5-15(25)6-8-29)4-3-17(21(18)26-13)23(31)28-16-10-19(24)22-27-14(2)11-30(22)12-16/h3-4,9-12,15,26H,5-8,25H2,1-2H3,(H,28,31). The van der Waals surface area contributed by atoms with Crippen molar-refractivity contribution < 1.29 is 9.18 Å². The smallest absolute Gasteiger partial charge is 0.257 e. The average molecular weight is 420 g/mol. The Morgan fingerprint density at radius 2 is 2.00 bits per heavy atom. The molecule has 31 heavy (non-hydrogen) atoms. The SMILES string of the molecule is Cc1cn2cc(NC(=O)c3ccc(N4CCC(N)CC4)c4cc(C)[nH]c34)cc(F)c2n1. The zero-order chi connectivity index (χ0) is 21.7. The van der Waals surface area contributed by atoms with Crippen molar-refractivity contribution >= 4 is 33.8 Å². The number of imidazole rings is 1. The number of hydrogen-bond acceptors (Lipinski definition) is 4. The van der Waals surface area contributed by atoms with Crippen LogP contribution in [0.1, 0.15) is 34.6 Å². The summed E-state index contributed by atoms with van der Waals surface area (Å²) in [7, 11) is 0. The monoisotopic (exact) mass is 420 g/mol. The zero-order valence-corrected chi connectivity index (χ0v) is 17.6. The van der Waals surface area contributed by atoms with Gasteiger partial charge in [0.2, 0.25) is 0 Å². The maximum atomic E-state index is 14.4. The van der Waals surface area contributed by atoms with Gasteiger partial charge >= 0.3 is 0 Å². The number of carbonyl (C=O) groups excluding carboxylic acids is 1. The predicted molar refractivity (Wildman–Crippen MR) is 120 cm³/mol. The summed E-state index contributed by atoms with van der Waals surface area (Å²) in [6, 6.07) is 7.43. The molecule has 3 aromatic heterocycles. The van der Waals surface area contributed by atoms with Crippen LogP contribution in [0.5, 0.6) is 0 Å². The van der Waals surface area contributed by atoms with E-state index in [4.69, 9.17) is 5.73 Å². The third kappa shape index (κ3) is 3.53. The lowest BCUT2D eigenvalue weighted by Gasteiger charge is -2.32. The minimum absolute atomic E-state index is 0.239. The van der Waals surface area contributed by atoms with E-state index in [0.29, 0.717) is 16.9 Å². The van der Waals surface area contributed by atoms with Gasteiger partial charge in [-0.05, 0) is 44.9 Å². The van der Waals surface area contributed by atoms with E-state index in [2.05, 4.69) is 26.3 Å². The van der Waals surface area contributed by atoms with Crippen molar-refractivity contribution in [2.45, 2.75) is 32.7 Å². The lowest BCUT2D eigenvalue weighted by atomic mass is 10.0. The summed E-state index contributed by atoms with van der Waals surface area (Å²) >= 11 is 0. The van der Waals surface area contributed by atoms with E-state index >= 15 is 0 Å². The Morgan fingerprint density at radius 3 is 2.77 bits per heavy atom. The number of piperidine rings is 1. The van der Waals surface area contributed by atoms with Gasteiger partial charge in [-0.15, -0.1) is 0 Å². The molecule has 1 amide bonds. The highest BCUT2D eigenvalue weighted by molar-refractivity contribution is 6.14. The number of amides is 1. The van der Waals surface area contributed by atoms with Crippen LogP contribution in [0, 0.1) is 19.7 Å². The fraction of sp³-hybridized carbons (Fsp3) is 0.304. The van der Waals surface area contributed by atoms with Crippen LogP contribution in [0.2, 0.25) is 0 Å². The number of benzene rings is 1. The topological polar surface area (TPSA) is 91.5 Å². The summed E-state index contributed by atoms with van der Waals surface area (Å²) in [4.78, 5) is 22.9. The minimum atomic E-state index is -0.481. The van der Waals surface area contributed by atoms with Crippen molar-refractivity contribution in [2.24, 2.45) is 5.73 Å². The molecular formula is C23H25FN6O. The van der Waals surface area contributed by atoms with E-state index < -0.39 is 5.82 Å². The van der Waals surface area contributed by atoms with Crippen LogP contribution in [0.15, 0.2) is 36.7 Å².